The van der Waals surface area contributed by atoms with Crippen LogP contribution in [0.2, 0.25) is 0 Å². The van der Waals surface area contributed by atoms with Crippen molar-refractivity contribution in [1.82, 2.24) is 19.9 Å². The Kier molecular flexibility index (Phi) is 5.57. The quantitative estimate of drug-likeness (QED) is 0.853. The lowest BCUT2D eigenvalue weighted by Crippen LogP contribution is -2.40. The van der Waals surface area contributed by atoms with Crippen LogP contribution in [0.5, 0.6) is 0 Å². The summed E-state index contributed by atoms with van der Waals surface area (Å²) in [4.78, 5) is 20.3. The maximum absolute atomic E-state index is 13.1. The largest absolute Gasteiger partial charge is 0.433 e. The number of piperidine rings is 1. The molecule has 2 aromatic heterocycles. The highest BCUT2D eigenvalue weighted by Gasteiger charge is 2.34. The van der Waals surface area contributed by atoms with Crippen molar-refractivity contribution in [3.63, 3.8) is 0 Å². The van der Waals surface area contributed by atoms with Crippen molar-refractivity contribution >= 4 is 17.6 Å². The molecule has 0 spiro atoms. The van der Waals surface area contributed by atoms with Gasteiger partial charge in [0.1, 0.15) is 17.5 Å². The molecular weight excluding hydrogens is 371 g/mol. The summed E-state index contributed by atoms with van der Waals surface area (Å²) in [6.45, 7) is 5.28. The van der Waals surface area contributed by atoms with Crippen LogP contribution in [-0.4, -0.2) is 53.2 Å². The molecule has 10 heteroatoms. The molecule has 1 aliphatic rings. The van der Waals surface area contributed by atoms with E-state index in [9.17, 15) is 13.2 Å². The maximum atomic E-state index is 13.1. The number of aryl methyl sites for hydroxylation is 2. The van der Waals surface area contributed by atoms with Crippen LogP contribution >= 0.6 is 0 Å². The van der Waals surface area contributed by atoms with Gasteiger partial charge in [0, 0.05) is 51.1 Å². The molecule has 1 saturated heterocycles. The zero-order valence-electron chi connectivity index (χ0n) is 16.4. The number of hydrogen-bond acceptors (Lipinski definition) is 7. The first-order chi connectivity index (χ1) is 13.1. The second-order valence-electron chi connectivity index (χ2n) is 7.15. The van der Waals surface area contributed by atoms with Crippen LogP contribution in [0.3, 0.4) is 0 Å². The van der Waals surface area contributed by atoms with Gasteiger partial charge in [0.05, 0.1) is 0 Å². The Morgan fingerprint density at radius 3 is 2.29 bits per heavy atom. The summed E-state index contributed by atoms with van der Waals surface area (Å²) in [5.41, 5.74) is -0.0330. The van der Waals surface area contributed by atoms with E-state index in [1.807, 2.05) is 19.9 Å². The summed E-state index contributed by atoms with van der Waals surface area (Å²) in [6, 6.07) is 2.90. The molecule has 3 heterocycles. The minimum absolute atomic E-state index is 0.00113. The molecule has 0 aromatic carbocycles. The number of rotatable bonds is 4. The summed E-state index contributed by atoms with van der Waals surface area (Å²) >= 11 is 0. The fraction of sp³-hybridized carbons (Fsp3) is 0.556. The van der Waals surface area contributed by atoms with Gasteiger partial charge >= 0.3 is 6.18 Å². The molecule has 1 N–H and O–H groups in total. The first-order valence-corrected chi connectivity index (χ1v) is 9.09. The van der Waals surface area contributed by atoms with Crippen molar-refractivity contribution in [1.29, 1.82) is 0 Å². The van der Waals surface area contributed by atoms with E-state index in [0.717, 1.165) is 49.3 Å². The highest BCUT2D eigenvalue weighted by molar-refractivity contribution is 5.45. The average Bonchev–Trinajstić information content (AvgIpc) is 2.60. The predicted molar refractivity (Wildman–Crippen MR) is 102 cm³/mol. The van der Waals surface area contributed by atoms with Crippen molar-refractivity contribution < 1.29 is 13.2 Å². The molecule has 7 nitrogen and oxygen atoms in total. The van der Waals surface area contributed by atoms with Crippen molar-refractivity contribution in [2.45, 2.75) is 38.9 Å². The Hall–Kier alpha value is -2.65. The first-order valence-electron chi connectivity index (χ1n) is 9.09. The van der Waals surface area contributed by atoms with Gasteiger partial charge in [-0.15, -0.1) is 0 Å². The second-order valence-corrected chi connectivity index (χ2v) is 7.15. The monoisotopic (exact) mass is 395 g/mol. The van der Waals surface area contributed by atoms with Crippen LogP contribution in [0.1, 0.15) is 30.1 Å². The van der Waals surface area contributed by atoms with Crippen molar-refractivity contribution in [3.8, 4) is 0 Å². The van der Waals surface area contributed by atoms with Crippen LogP contribution in [0.15, 0.2) is 12.1 Å². The third-order valence-electron chi connectivity index (χ3n) is 4.57. The van der Waals surface area contributed by atoms with E-state index >= 15 is 0 Å². The Bertz CT molecular complexity index is 810. The van der Waals surface area contributed by atoms with E-state index in [2.05, 4.69) is 30.2 Å². The molecular formula is C18H24F3N7. The van der Waals surface area contributed by atoms with E-state index < -0.39 is 11.9 Å². The molecule has 0 amide bonds. The minimum atomic E-state index is -4.52. The standard InChI is InChI=1S/C18H24F3N7/c1-11-9-16(23-12(2)22-11)28-7-5-13(6-8-28)24-17-25-14(18(19,20)21)10-15(26-17)27(3)4/h9-10,13H,5-8H2,1-4H3,(H,24,25,26). The van der Waals surface area contributed by atoms with Crippen molar-refractivity contribution in [2.24, 2.45) is 0 Å². The lowest BCUT2D eigenvalue weighted by Gasteiger charge is -2.33. The molecule has 0 atom stereocenters. The number of alkyl halides is 3. The second kappa shape index (κ2) is 7.76. The fourth-order valence-corrected chi connectivity index (χ4v) is 3.17. The molecule has 0 saturated carbocycles. The lowest BCUT2D eigenvalue weighted by atomic mass is 10.1. The van der Waals surface area contributed by atoms with Crippen LogP contribution in [0, 0.1) is 13.8 Å². The van der Waals surface area contributed by atoms with Gasteiger partial charge in [-0.25, -0.2) is 15.0 Å². The predicted octanol–water partition coefficient (Wildman–Crippen LogP) is 3.05. The molecule has 0 radical (unpaired) electrons. The van der Waals surface area contributed by atoms with Gasteiger partial charge in [-0.2, -0.15) is 18.2 Å². The van der Waals surface area contributed by atoms with Crippen LogP contribution < -0.4 is 15.1 Å². The van der Waals surface area contributed by atoms with Gasteiger partial charge in [-0.1, -0.05) is 0 Å². The van der Waals surface area contributed by atoms with Gasteiger partial charge in [0.2, 0.25) is 5.95 Å². The molecule has 28 heavy (non-hydrogen) atoms. The first kappa shape index (κ1) is 20.1. The van der Waals surface area contributed by atoms with Crippen molar-refractivity contribution in [3.05, 3.63) is 29.3 Å². The van der Waals surface area contributed by atoms with Crippen LogP contribution in [0.4, 0.5) is 30.8 Å². The molecule has 2 aromatic rings. The van der Waals surface area contributed by atoms with Gasteiger partial charge < -0.3 is 15.1 Å². The van der Waals surface area contributed by atoms with E-state index in [4.69, 9.17) is 0 Å². The minimum Gasteiger partial charge on any atom is -0.363 e. The molecule has 0 bridgehead atoms. The highest BCUT2D eigenvalue weighted by atomic mass is 19.4. The zero-order chi connectivity index (χ0) is 20.5. The maximum Gasteiger partial charge on any atom is 0.433 e. The molecule has 1 aliphatic heterocycles. The zero-order valence-corrected chi connectivity index (χ0v) is 16.4. The Labute approximate surface area is 162 Å². The lowest BCUT2D eigenvalue weighted by molar-refractivity contribution is -0.141. The number of anilines is 3. The molecule has 1 fully saturated rings. The number of aromatic nitrogens is 4. The van der Waals surface area contributed by atoms with Gasteiger partial charge in [0.25, 0.3) is 0 Å². The normalized spacial score (nSPS) is 15.6. The average molecular weight is 395 g/mol. The summed E-state index contributed by atoms with van der Waals surface area (Å²) in [5, 5.41) is 3.08. The Balaban J connectivity index is 1.69. The Morgan fingerprint density at radius 2 is 1.71 bits per heavy atom. The van der Waals surface area contributed by atoms with Crippen molar-refractivity contribution in [2.75, 3.05) is 42.3 Å². The van der Waals surface area contributed by atoms with E-state index in [0.29, 0.717) is 0 Å². The molecule has 0 aliphatic carbocycles. The van der Waals surface area contributed by atoms with Gasteiger partial charge in [-0.05, 0) is 26.7 Å². The summed E-state index contributed by atoms with van der Waals surface area (Å²) in [5.74, 6) is 1.83. The van der Waals surface area contributed by atoms with E-state index in [1.54, 1.807) is 14.1 Å². The topological polar surface area (TPSA) is 70.1 Å². The van der Waals surface area contributed by atoms with Crippen LogP contribution in [-0.2, 0) is 6.18 Å². The summed E-state index contributed by atoms with van der Waals surface area (Å²) in [6.07, 6.45) is -3.02. The van der Waals surface area contributed by atoms with Gasteiger partial charge in [0.15, 0.2) is 5.69 Å². The summed E-state index contributed by atoms with van der Waals surface area (Å²) < 4.78 is 39.4. The number of nitrogens with zero attached hydrogens (tertiary/aromatic N) is 6. The highest BCUT2D eigenvalue weighted by Crippen LogP contribution is 2.30. The number of hydrogen-bond donors (Lipinski definition) is 1. The Morgan fingerprint density at radius 1 is 1.04 bits per heavy atom. The fourth-order valence-electron chi connectivity index (χ4n) is 3.17. The van der Waals surface area contributed by atoms with E-state index in [1.165, 1.54) is 4.90 Å². The van der Waals surface area contributed by atoms with Crippen LogP contribution in [0.25, 0.3) is 0 Å². The third kappa shape index (κ3) is 4.79. The SMILES string of the molecule is Cc1cc(N2CCC(Nc3nc(N(C)C)cc(C(F)(F)F)n3)CC2)nc(C)n1. The summed E-state index contributed by atoms with van der Waals surface area (Å²) in [7, 11) is 3.30. The van der Waals surface area contributed by atoms with E-state index in [-0.39, 0.29) is 17.8 Å². The number of halogens is 3. The third-order valence-corrected chi connectivity index (χ3v) is 4.57. The van der Waals surface area contributed by atoms with Gasteiger partial charge in [-0.3, -0.25) is 0 Å². The number of nitrogens with one attached hydrogen (secondary N) is 1. The molecule has 0 unspecified atom stereocenters. The molecule has 3 rings (SSSR count). The smallest absolute Gasteiger partial charge is 0.363 e. The molecule has 152 valence electrons.